The van der Waals surface area contributed by atoms with Crippen LogP contribution in [-0.2, 0) is 13.3 Å². The fourth-order valence-corrected chi connectivity index (χ4v) is 5.86. The molecule has 0 spiro atoms. The van der Waals surface area contributed by atoms with Crippen molar-refractivity contribution in [3.63, 3.8) is 0 Å². The van der Waals surface area contributed by atoms with E-state index in [2.05, 4.69) is 31.2 Å². The highest BCUT2D eigenvalue weighted by atomic mass is 28.4. The standard InChI is InChI=1S/C16H28O3Si/c1-5-12-16(15-13-10-9-11-14-15)20(17-6-2,18-7-3)19-8-4/h9-11,13-14,16H,5-8,12H2,1-4H3. The van der Waals surface area contributed by atoms with Crippen molar-refractivity contribution in [1.29, 1.82) is 0 Å². The van der Waals surface area contributed by atoms with Gasteiger partial charge in [-0.2, -0.15) is 0 Å². The molecule has 20 heavy (non-hydrogen) atoms. The lowest BCUT2D eigenvalue weighted by Crippen LogP contribution is -2.52. The maximum atomic E-state index is 6.07. The Bertz CT molecular complexity index is 339. The van der Waals surface area contributed by atoms with E-state index < -0.39 is 8.80 Å². The molecule has 1 rings (SSSR count). The van der Waals surface area contributed by atoms with Crippen LogP contribution in [0.5, 0.6) is 0 Å². The third-order valence-corrected chi connectivity index (χ3v) is 6.79. The van der Waals surface area contributed by atoms with E-state index in [-0.39, 0.29) is 5.54 Å². The van der Waals surface area contributed by atoms with Crippen molar-refractivity contribution in [2.75, 3.05) is 19.8 Å². The lowest BCUT2D eigenvalue weighted by atomic mass is 10.1. The number of benzene rings is 1. The second-order valence-corrected chi connectivity index (χ2v) is 7.42. The predicted molar refractivity (Wildman–Crippen MR) is 84.7 cm³/mol. The summed E-state index contributed by atoms with van der Waals surface area (Å²) in [6.45, 7) is 10.1. The average molecular weight is 296 g/mol. The summed E-state index contributed by atoms with van der Waals surface area (Å²) < 4.78 is 18.2. The van der Waals surface area contributed by atoms with Crippen LogP contribution in [0.2, 0.25) is 0 Å². The van der Waals surface area contributed by atoms with E-state index in [1.807, 2.05) is 26.8 Å². The van der Waals surface area contributed by atoms with Crippen molar-refractivity contribution in [2.24, 2.45) is 0 Å². The Morgan fingerprint density at radius 1 is 0.850 bits per heavy atom. The second kappa shape index (κ2) is 9.29. The minimum atomic E-state index is -2.69. The minimum Gasteiger partial charge on any atom is -0.373 e. The highest BCUT2D eigenvalue weighted by Gasteiger charge is 2.49. The van der Waals surface area contributed by atoms with Crippen molar-refractivity contribution in [2.45, 2.75) is 46.1 Å². The van der Waals surface area contributed by atoms with E-state index in [1.54, 1.807) is 0 Å². The van der Waals surface area contributed by atoms with Gasteiger partial charge in [0.05, 0.1) is 5.54 Å². The van der Waals surface area contributed by atoms with Crippen LogP contribution < -0.4 is 0 Å². The van der Waals surface area contributed by atoms with E-state index in [0.29, 0.717) is 19.8 Å². The van der Waals surface area contributed by atoms with E-state index >= 15 is 0 Å². The maximum absolute atomic E-state index is 6.07. The molecule has 0 fully saturated rings. The van der Waals surface area contributed by atoms with Gasteiger partial charge in [-0.05, 0) is 32.8 Å². The van der Waals surface area contributed by atoms with Crippen molar-refractivity contribution < 1.29 is 13.3 Å². The Morgan fingerprint density at radius 3 is 1.75 bits per heavy atom. The quantitative estimate of drug-likeness (QED) is 0.607. The average Bonchev–Trinajstić information content (AvgIpc) is 2.46. The van der Waals surface area contributed by atoms with Crippen molar-refractivity contribution in [1.82, 2.24) is 0 Å². The van der Waals surface area contributed by atoms with Gasteiger partial charge >= 0.3 is 8.80 Å². The summed E-state index contributed by atoms with van der Waals surface area (Å²) in [7, 11) is -2.69. The SMILES string of the molecule is CCCC(c1ccccc1)[Si](OCC)(OCC)OCC. The van der Waals surface area contributed by atoms with Crippen LogP contribution in [0.4, 0.5) is 0 Å². The fraction of sp³-hybridized carbons (Fsp3) is 0.625. The highest BCUT2D eigenvalue weighted by Crippen LogP contribution is 2.34. The monoisotopic (exact) mass is 296 g/mol. The lowest BCUT2D eigenvalue weighted by Gasteiger charge is -2.35. The molecule has 0 aromatic heterocycles. The Labute approximate surface area is 124 Å². The molecule has 1 aromatic carbocycles. The predicted octanol–water partition coefficient (Wildman–Crippen LogP) is 4.16. The number of rotatable bonds is 10. The first kappa shape index (κ1) is 17.4. The van der Waals surface area contributed by atoms with E-state index in [0.717, 1.165) is 12.8 Å². The molecule has 0 amide bonds. The van der Waals surface area contributed by atoms with Gasteiger partial charge in [0.25, 0.3) is 0 Å². The van der Waals surface area contributed by atoms with Gasteiger partial charge in [-0.3, -0.25) is 0 Å². The third-order valence-electron chi connectivity index (χ3n) is 3.24. The third kappa shape index (κ3) is 4.41. The Morgan fingerprint density at radius 2 is 1.35 bits per heavy atom. The van der Waals surface area contributed by atoms with Gasteiger partial charge in [-0.1, -0.05) is 43.7 Å². The van der Waals surface area contributed by atoms with Crippen LogP contribution in [0.3, 0.4) is 0 Å². The van der Waals surface area contributed by atoms with Crippen LogP contribution in [-0.4, -0.2) is 28.6 Å². The molecule has 0 radical (unpaired) electrons. The van der Waals surface area contributed by atoms with Crippen LogP contribution in [0, 0.1) is 0 Å². The van der Waals surface area contributed by atoms with E-state index in [9.17, 15) is 0 Å². The van der Waals surface area contributed by atoms with E-state index in [1.165, 1.54) is 5.56 Å². The molecule has 0 N–H and O–H groups in total. The van der Waals surface area contributed by atoms with Crippen LogP contribution in [0.25, 0.3) is 0 Å². The van der Waals surface area contributed by atoms with Gasteiger partial charge in [0, 0.05) is 19.8 Å². The van der Waals surface area contributed by atoms with Gasteiger partial charge in [0.1, 0.15) is 0 Å². The van der Waals surface area contributed by atoms with Gasteiger partial charge in [-0.15, -0.1) is 0 Å². The molecule has 0 aliphatic carbocycles. The van der Waals surface area contributed by atoms with Crippen LogP contribution >= 0.6 is 0 Å². The maximum Gasteiger partial charge on any atom is 0.508 e. The van der Waals surface area contributed by atoms with Gasteiger partial charge in [-0.25, -0.2) is 0 Å². The molecule has 3 nitrogen and oxygen atoms in total. The molecule has 0 aliphatic heterocycles. The van der Waals surface area contributed by atoms with Crippen LogP contribution in [0.15, 0.2) is 30.3 Å². The molecule has 0 saturated heterocycles. The first-order chi connectivity index (χ1) is 9.74. The van der Waals surface area contributed by atoms with E-state index in [4.69, 9.17) is 13.3 Å². The largest absolute Gasteiger partial charge is 0.508 e. The summed E-state index contributed by atoms with van der Waals surface area (Å²) >= 11 is 0. The van der Waals surface area contributed by atoms with Gasteiger partial charge in [0.15, 0.2) is 0 Å². The molecule has 1 aromatic rings. The Balaban J connectivity index is 3.14. The first-order valence-electron chi connectivity index (χ1n) is 7.70. The summed E-state index contributed by atoms with van der Waals surface area (Å²) in [5, 5.41) is 0. The zero-order valence-corrected chi connectivity index (χ0v) is 14.2. The molecule has 0 bridgehead atoms. The van der Waals surface area contributed by atoms with Crippen molar-refractivity contribution >= 4 is 8.80 Å². The second-order valence-electron chi connectivity index (χ2n) is 4.65. The summed E-state index contributed by atoms with van der Waals surface area (Å²) in [4.78, 5) is 0. The Hall–Kier alpha value is -0.683. The zero-order valence-electron chi connectivity index (χ0n) is 13.2. The van der Waals surface area contributed by atoms with Gasteiger partial charge < -0.3 is 13.3 Å². The zero-order chi connectivity index (χ0) is 14.8. The summed E-state index contributed by atoms with van der Waals surface area (Å²) in [5.41, 5.74) is 1.48. The summed E-state index contributed by atoms with van der Waals surface area (Å²) in [5.74, 6) is 0. The number of hydrogen-bond donors (Lipinski definition) is 0. The summed E-state index contributed by atoms with van der Waals surface area (Å²) in [6, 6.07) is 10.5. The highest BCUT2D eigenvalue weighted by molar-refractivity contribution is 6.62. The molecule has 1 atom stereocenters. The van der Waals surface area contributed by atoms with Gasteiger partial charge in [0.2, 0.25) is 0 Å². The van der Waals surface area contributed by atoms with Crippen LogP contribution in [0.1, 0.15) is 51.6 Å². The molecular formula is C16H28O3Si. The molecular weight excluding hydrogens is 268 g/mol. The van der Waals surface area contributed by atoms with Crippen molar-refractivity contribution in [3.8, 4) is 0 Å². The summed E-state index contributed by atoms with van der Waals surface area (Å²) in [6.07, 6.45) is 2.11. The normalized spacial score (nSPS) is 13.4. The molecule has 1 unspecified atom stereocenters. The molecule has 0 heterocycles. The number of hydrogen-bond acceptors (Lipinski definition) is 3. The first-order valence-corrected chi connectivity index (χ1v) is 9.51. The van der Waals surface area contributed by atoms with Crippen molar-refractivity contribution in [3.05, 3.63) is 35.9 Å². The minimum absolute atomic E-state index is 0.216. The molecule has 0 aliphatic rings. The smallest absolute Gasteiger partial charge is 0.373 e. The molecule has 0 saturated carbocycles. The lowest BCUT2D eigenvalue weighted by molar-refractivity contribution is 0.0605. The Kier molecular flexibility index (Phi) is 8.07. The topological polar surface area (TPSA) is 27.7 Å². The fourth-order valence-electron chi connectivity index (χ4n) is 2.55. The molecule has 4 heteroatoms. The molecule has 114 valence electrons.